The molecule has 0 spiro atoms. The molecule has 4 nitrogen and oxygen atoms in total. The normalized spacial score (nSPS) is 19.2. The van der Waals surface area contributed by atoms with E-state index in [1.807, 2.05) is 24.3 Å². The predicted molar refractivity (Wildman–Crippen MR) is 76.5 cm³/mol. The standard InChI is InChI=1S/C15H22N2O2/c1-15(2,3)12-6-4-5-7-13(12)17-14(18)16-11-8-9-19-10-11/h4-7,11H,8-10H2,1-3H3,(H2,16,17,18). The lowest BCUT2D eigenvalue weighted by Crippen LogP contribution is -2.38. The molecule has 0 saturated carbocycles. The number of anilines is 1. The van der Waals surface area contributed by atoms with Crippen molar-refractivity contribution in [3.63, 3.8) is 0 Å². The SMILES string of the molecule is CC(C)(C)c1ccccc1NC(=O)NC1CCOC1. The largest absolute Gasteiger partial charge is 0.379 e. The molecule has 1 unspecified atom stereocenters. The van der Waals surface area contributed by atoms with Crippen LogP contribution in [0.4, 0.5) is 10.5 Å². The van der Waals surface area contributed by atoms with E-state index in [1.165, 1.54) is 0 Å². The quantitative estimate of drug-likeness (QED) is 0.861. The molecule has 2 amide bonds. The summed E-state index contributed by atoms with van der Waals surface area (Å²) in [5.41, 5.74) is 2.00. The van der Waals surface area contributed by atoms with Crippen molar-refractivity contribution >= 4 is 11.7 Å². The lowest BCUT2D eigenvalue weighted by molar-refractivity contribution is 0.189. The first kappa shape index (κ1) is 13.9. The van der Waals surface area contributed by atoms with Crippen molar-refractivity contribution in [3.8, 4) is 0 Å². The smallest absolute Gasteiger partial charge is 0.319 e. The third-order valence-corrected chi connectivity index (χ3v) is 3.25. The van der Waals surface area contributed by atoms with Crippen molar-refractivity contribution in [3.05, 3.63) is 29.8 Å². The molecule has 1 aromatic rings. The highest BCUT2D eigenvalue weighted by atomic mass is 16.5. The van der Waals surface area contributed by atoms with Gasteiger partial charge in [0.15, 0.2) is 0 Å². The topological polar surface area (TPSA) is 50.4 Å². The number of rotatable bonds is 2. The number of para-hydroxylation sites is 1. The zero-order valence-corrected chi connectivity index (χ0v) is 11.8. The molecular weight excluding hydrogens is 240 g/mol. The van der Waals surface area contributed by atoms with Crippen LogP contribution in [0.25, 0.3) is 0 Å². The van der Waals surface area contributed by atoms with Crippen LogP contribution in [0.3, 0.4) is 0 Å². The third kappa shape index (κ3) is 3.70. The van der Waals surface area contributed by atoms with E-state index in [4.69, 9.17) is 4.74 Å². The van der Waals surface area contributed by atoms with Crippen LogP contribution in [0, 0.1) is 0 Å². The monoisotopic (exact) mass is 262 g/mol. The van der Waals surface area contributed by atoms with Gasteiger partial charge in [0.2, 0.25) is 0 Å². The van der Waals surface area contributed by atoms with Gasteiger partial charge < -0.3 is 15.4 Å². The maximum atomic E-state index is 12.0. The Hall–Kier alpha value is -1.55. The molecule has 0 radical (unpaired) electrons. The zero-order valence-electron chi connectivity index (χ0n) is 11.8. The van der Waals surface area contributed by atoms with Gasteiger partial charge >= 0.3 is 6.03 Å². The predicted octanol–water partition coefficient (Wildman–Crippen LogP) is 2.89. The Balaban J connectivity index is 2.04. The summed E-state index contributed by atoms with van der Waals surface area (Å²) < 4.78 is 5.24. The number of benzene rings is 1. The summed E-state index contributed by atoms with van der Waals surface area (Å²) in [6.07, 6.45) is 0.883. The minimum Gasteiger partial charge on any atom is -0.379 e. The molecule has 1 fully saturated rings. The minimum absolute atomic E-state index is 0.000340. The molecule has 0 aliphatic carbocycles. The van der Waals surface area contributed by atoms with Gasteiger partial charge in [-0.15, -0.1) is 0 Å². The lowest BCUT2D eigenvalue weighted by Gasteiger charge is -2.23. The van der Waals surface area contributed by atoms with E-state index in [1.54, 1.807) is 0 Å². The van der Waals surface area contributed by atoms with Gasteiger partial charge in [0.05, 0.1) is 12.6 Å². The summed E-state index contributed by atoms with van der Waals surface area (Å²) >= 11 is 0. The van der Waals surface area contributed by atoms with Gasteiger partial charge in [-0.25, -0.2) is 4.79 Å². The van der Waals surface area contributed by atoms with Crippen LogP contribution in [0.15, 0.2) is 24.3 Å². The number of carbonyl (C=O) groups excluding carboxylic acids is 1. The van der Waals surface area contributed by atoms with E-state index in [-0.39, 0.29) is 17.5 Å². The fraction of sp³-hybridized carbons (Fsp3) is 0.533. The fourth-order valence-electron chi connectivity index (χ4n) is 2.24. The zero-order chi connectivity index (χ0) is 13.9. The Morgan fingerprint density at radius 1 is 1.32 bits per heavy atom. The molecule has 1 aliphatic rings. The van der Waals surface area contributed by atoms with E-state index >= 15 is 0 Å². The van der Waals surface area contributed by atoms with Gasteiger partial charge in [-0.2, -0.15) is 0 Å². The third-order valence-electron chi connectivity index (χ3n) is 3.25. The molecule has 1 atom stereocenters. The van der Waals surface area contributed by atoms with Crippen molar-refractivity contribution in [2.24, 2.45) is 0 Å². The van der Waals surface area contributed by atoms with E-state index in [9.17, 15) is 4.79 Å². The number of hydrogen-bond donors (Lipinski definition) is 2. The summed E-state index contributed by atoms with van der Waals surface area (Å²) in [7, 11) is 0. The van der Waals surface area contributed by atoms with E-state index in [2.05, 4.69) is 31.4 Å². The number of ether oxygens (including phenoxy) is 1. The molecule has 1 saturated heterocycles. The molecule has 1 aliphatic heterocycles. The number of nitrogens with one attached hydrogen (secondary N) is 2. The number of urea groups is 1. The maximum absolute atomic E-state index is 12.0. The second-order valence-electron chi connectivity index (χ2n) is 5.95. The molecule has 1 aromatic carbocycles. The second-order valence-corrected chi connectivity index (χ2v) is 5.95. The van der Waals surface area contributed by atoms with Gasteiger partial charge in [0.1, 0.15) is 0 Å². The Kier molecular flexibility index (Phi) is 4.10. The first-order chi connectivity index (χ1) is 8.97. The van der Waals surface area contributed by atoms with Gasteiger partial charge in [-0.1, -0.05) is 39.0 Å². The Morgan fingerprint density at radius 3 is 2.68 bits per heavy atom. The van der Waals surface area contributed by atoms with Crippen molar-refractivity contribution in [1.29, 1.82) is 0 Å². The van der Waals surface area contributed by atoms with Crippen LogP contribution >= 0.6 is 0 Å². The second kappa shape index (κ2) is 5.61. The molecule has 2 N–H and O–H groups in total. The first-order valence-corrected chi connectivity index (χ1v) is 6.71. The van der Waals surface area contributed by atoms with Crippen molar-refractivity contribution < 1.29 is 9.53 Å². The Morgan fingerprint density at radius 2 is 2.05 bits per heavy atom. The number of hydrogen-bond acceptors (Lipinski definition) is 2. The molecule has 19 heavy (non-hydrogen) atoms. The summed E-state index contributed by atoms with van der Waals surface area (Å²) in [5.74, 6) is 0. The van der Waals surface area contributed by atoms with Crippen LogP contribution in [-0.2, 0) is 10.2 Å². The molecule has 0 bridgehead atoms. The number of amides is 2. The van der Waals surface area contributed by atoms with E-state index in [0.29, 0.717) is 6.61 Å². The highest BCUT2D eigenvalue weighted by molar-refractivity contribution is 5.90. The van der Waals surface area contributed by atoms with Gasteiger partial charge in [-0.05, 0) is 23.5 Å². The van der Waals surface area contributed by atoms with Gasteiger partial charge in [0, 0.05) is 12.3 Å². The van der Waals surface area contributed by atoms with E-state index < -0.39 is 0 Å². The Labute approximate surface area is 114 Å². The highest BCUT2D eigenvalue weighted by Crippen LogP contribution is 2.29. The minimum atomic E-state index is -0.160. The van der Waals surface area contributed by atoms with Gasteiger partial charge in [0.25, 0.3) is 0 Å². The van der Waals surface area contributed by atoms with Crippen LogP contribution in [-0.4, -0.2) is 25.3 Å². The molecule has 2 rings (SSSR count). The lowest BCUT2D eigenvalue weighted by atomic mass is 9.86. The van der Waals surface area contributed by atoms with Crippen molar-refractivity contribution in [1.82, 2.24) is 5.32 Å². The summed E-state index contributed by atoms with van der Waals surface area (Å²) in [4.78, 5) is 12.0. The van der Waals surface area contributed by atoms with Crippen LogP contribution in [0.5, 0.6) is 0 Å². The fourth-order valence-corrected chi connectivity index (χ4v) is 2.24. The van der Waals surface area contributed by atoms with Crippen LogP contribution in [0.2, 0.25) is 0 Å². The van der Waals surface area contributed by atoms with Crippen LogP contribution in [0.1, 0.15) is 32.8 Å². The summed E-state index contributed by atoms with van der Waals surface area (Å²) in [5, 5.41) is 5.87. The average Bonchev–Trinajstić information content (AvgIpc) is 2.81. The van der Waals surface area contributed by atoms with Crippen molar-refractivity contribution in [2.75, 3.05) is 18.5 Å². The maximum Gasteiger partial charge on any atom is 0.319 e. The summed E-state index contributed by atoms with van der Waals surface area (Å²) in [6.45, 7) is 7.74. The summed E-state index contributed by atoms with van der Waals surface area (Å²) in [6, 6.07) is 7.88. The highest BCUT2D eigenvalue weighted by Gasteiger charge is 2.21. The van der Waals surface area contributed by atoms with Gasteiger partial charge in [-0.3, -0.25) is 0 Å². The average molecular weight is 262 g/mol. The van der Waals surface area contributed by atoms with E-state index in [0.717, 1.165) is 24.3 Å². The molecule has 104 valence electrons. The molecule has 0 aromatic heterocycles. The first-order valence-electron chi connectivity index (χ1n) is 6.71. The Bertz CT molecular complexity index is 446. The molecular formula is C15H22N2O2. The molecule has 4 heteroatoms. The number of carbonyl (C=O) groups is 1. The molecule has 1 heterocycles. The van der Waals surface area contributed by atoms with Crippen molar-refractivity contribution in [2.45, 2.75) is 38.6 Å². The van der Waals surface area contributed by atoms with Crippen LogP contribution < -0.4 is 10.6 Å².